The van der Waals surface area contributed by atoms with Crippen molar-refractivity contribution in [2.75, 3.05) is 18.5 Å². The lowest BCUT2D eigenvalue weighted by Crippen LogP contribution is -2.20. The highest BCUT2D eigenvalue weighted by molar-refractivity contribution is 5.93. The summed E-state index contributed by atoms with van der Waals surface area (Å²) in [6.07, 6.45) is 0.735. The first-order valence-corrected chi connectivity index (χ1v) is 8.35. The Bertz CT molecular complexity index is 833. The van der Waals surface area contributed by atoms with Crippen LogP contribution in [0.15, 0.2) is 42.5 Å². The maximum absolute atomic E-state index is 12.0. The molecule has 0 aromatic heterocycles. The summed E-state index contributed by atoms with van der Waals surface area (Å²) in [6.45, 7) is 3.59. The number of carbonyl (C=O) groups excluding carboxylic acids is 2. The van der Waals surface area contributed by atoms with E-state index in [-0.39, 0.29) is 18.0 Å². The summed E-state index contributed by atoms with van der Waals surface area (Å²) in [7, 11) is 0. The lowest BCUT2D eigenvalue weighted by Gasteiger charge is -2.09. The summed E-state index contributed by atoms with van der Waals surface area (Å²) < 4.78 is 10.3. The van der Waals surface area contributed by atoms with Crippen LogP contribution in [0.1, 0.15) is 29.3 Å². The van der Waals surface area contributed by atoms with Crippen molar-refractivity contribution < 1.29 is 24.0 Å². The number of hydrogen-bond donors (Lipinski definition) is 1. The zero-order valence-corrected chi connectivity index (χ0v) is 15.1. The fourth-order valence-electron chi connectivity index (χ4n) is 2.20. The molecule has 0 atom stereocenters. The lowest BCUT2D eigenvalue weighted by molar-refractivity contribution is -0.385. The number of rotatable bonds is 8. The molecular formula is C19H20N2O6. The first-order chi connectivity index (χ1) is 12.9. The average Bonchev–Trinajstić information content (AvgIpc) is 2.65. The third-order valence-corrected chi connectivity index (χ3v) is 3.51. The van der Waals surface area contributed by atoms with Crippen LogP contribution < -0.4 is 10.1 Å². The van der Waals surface area contributed by atoms with Gasteiger partial charge in [-0.15, -0.1) is 0 Å². The molecule has 0 bridgehead atoms. The summed E-state index contributed by atoms with van der Waals surface area (Å²) in [5, 5.41) is 13.6. The van der Waals surface area contributed by atoms with E-state index in [2.05, 4.69) is 5.32 Å². The number of aryl methyl sites for hydroxylation is 1. The number of amides is 1. The second-order valence-electron chi connectivity index (χ2n) is 5.78. The van der Waals surface area contributed by atoms with Crippen molar-refractivity contribution >= 4 is 23.3 Å². The van der Waals surface area contributed by atoms with Gasteiger partial charge in [0.2, 0.25) is 0 Å². The third-order valence-electron chi connectivity index (χ3n) is 3.51. The molecule has 2 rings (SSSR count). The molecule has 2 aromatic carbocycles. The van der Waals surface area contributed by atoms with E-state index in [1.54, 1.807) is 37.3 Å². The van der Waals surface area contributed by atoms with Crippen LogP contribution in [-0.2, 0) is 9.53 Å². The molecule has 1 amide bonds. The third kappa shape index (κ3) is 5.81. The molecule has 0 spiro atoms. The van der Waals surface area contributed by atoms with Crippen LogP contribution in [0.4, 0.5) is 11.4 Å². The van der Waals surface area contributed by atoms with Crippen molar-refractivity contribution in [3.05, 3.63) is 63.7 Å². The molecule has 0 saturated heterocycles. The Balaban J connectivity index is 1.93. The van der Waals surface area contributed by atoms with E-state index in [1.165, 1.54) is 12.1 Å². The SMILES string of the molecule is CCCOC(=O)c1ccc(NC(=O)COc2ccc(C)cc2[N+](=O)[O-])cc1. The molecule has 8 nitrogen and oxygen atoms in total. The second-order valence-corrected chi connectivity index (χ2v) is 5.78. The van der Waals surface area contributed by atoms with Gasteiger partial charge in [0.25, 0.3) is 5.91 Å². The predicted molar refractivity (Wildman–Crippen MR) is 99.0 cm³/mol. The predicted octanol–water partition coefficient (Wildman–Crippen LogP) is 3.49. The number of benzene rings is 2. The van der Waals surface area contributed by atoms with Crippen LogP contribution in [0.2, 0.25) is 0 Å². The number of carbonyl (C=O) groups is 2. The van der Waals surface area contributed by atoms with Crippen molar-refractivity contribution in [3.63, 3.8) is 0 Å². The quantitative estimate of drug-likeness (QED) is 0.432. The largest absolute Gasteiger partial charge is 0.477 e. The number of nitrogens with one attached hydrogen (secondary N) is 1. The molecule has 0 saturated carbocycles. The molecule has 142 valence electrons. The number of hydrogen-bond acceptors (Lipinski definition) is 6. The van der Waals surface area contributed by atoms with Crippen LogP contribution in [0.25, 0.3) is 0 Å². The molecule has 2 aromatic rings. The minimum absolute atomic E-state index is 0.0229. The normalized spacial score (nSPS) is 10.1. The second kappa shape index (κ2) is 9.33. The van der Waals surface area contributed by atoms with Gasteiger partial charge in [0.1, 0.15) is 0 Å². The van der Waals surface area contributed by atoms with Gasteiger partial charge in [0.05, 0.1) is 17.1 Å². The van der Waals surface area contributed by atoms with Gasteiger partial charge in [-0.05, 0) is 49.2 Å². The Morgan fingerprint density at radius 1 is 1.15 bits per heavy atom. The zero-order chi connectivity index (χ0) is 19.8. The minimum Gasteiger partial charge on any atom is -0.477 e. The topological polar surface area (TPSA) is 108 Å². The van der Waals surface area contributed by atoms with Crippen molar-refractivity contribution in [1.29, 1.82) is 0 Å². The minimum atomic E-state index is -0.559. The Hall–Kier alpha value is -3.42. The number of anilines is 1. The summed E-state index contributed by atoms with van der Waals surface area (Å²) in [5.74, 6) is -0.884. The summed E-state index contributed by atoms with van der Waals surface area (Å²) in [6, 6.07) is 10.7. The Morgan fingerprint density at radius 2 is 1.85 bits per heavy atom. The van der Waals surface area contributed by atoms with Gasteiger partial charge in [-0.1, -0.05) is 13.0 Å². The van der Waals surface area contributed by atoms with Gasteiger partial charge in [0, 0.05) is 11.8 Å². The maximum Gasteiger partial charge on any atom is 0.338 e. The van der Waals surface area contributed by atoms with E-state index in [9.17, 15) is 19.7 Å². The lowest BCUT2D eigenvalue weighted by atomic mass is 10.2. The van der Waals surface area contributed by atoms with E-state index in [4.69, 9.17) is 9.47 Å². The van der Waals surface area contributed by atoms with E-state index < -0.39 is 16.8 Å². The fraction of sp³-hybridized carbons (Fsp3) is 0.263. The van der Waals surface area contributed by atoms with Crippen molar-refractivity contribution in [2.45, 2.75) is 20.3 Å². The Kier molecular flexibility index (Phi) is 6.87. The standard InChI is InChI=1S/C19H20N2O6/c1-3-10-26-19(23)14-5-7-15(8-6-14)20-18(22)12-27-17-9-4-13(2)11-16(17)21(24)25/h4-9,11H,3,10,12H2,1-2H3,(H,20,22). The molecule has 0 radical (unpaired) electrons. The molecule has 0 aliphatic carbocycles. The summed E-state index contributed by atoms with van der Waals surface area (Å²) >= 11 is 0. The van der Waals surface area contributed by atoms with E-state index >= 15 is 0 Å². The maximum atomic E-state index is 12.0. The first-order valence-electron chi connectivity index (χ1n) is 8.35. The Morgan fingerprint density at radius 3 is 2.48 bits per heavy atom. The van der Waals surface area contributed by atoms with Gasteiger partial charge >= 0.3 is 11.7 Å². The molecule has 0 aliphatic rings. The van der Waals surface area contributed by atoms with Gasteiger partial charge < -0.3 is 14.8 Å². The van der Waals surface area contributed by atoms with Gasteiger partial charge in [-0.25, -0.2) is 4.79 Å². The number of nitro groups is 1. The fourth-order valence-corrected chi connectivity index (χ4v) is 2.20. The smallest absolute Gasteiger partial charge is 0.338 e. The molecule has 27 heavy (non-hydrogen) atoms. The summed E-state index contributed by atoms with van der Waals surface area (Å²) in [5.41, 5.74) is 1.37. The molecule has 0 fully saturated rings. The van der Waals surface area contributed by atoms with Gasteiger partial charge in [0.15, 0.2) is 12.4 Å². The van der Waals surface area contributed by atoms with Crippen molar-refractivity contribution in [2.24, 2.45) is 0 Å². The highest BCUT2D eigenvalue weighted by Crippen LogP contribution is 2.27. The summed E-state index contributed by atoms with van der Waals surface area (Å²) in [4.78, 5) is 34.2. The molecule has 0 unspecified atom stereocenters. The van der Waals surface area contributed by atoms with E-state index in [0.29, 0.717) is 17.9 Å². The monoisotopic (exact) mass is 372 g/mol. The highest BCUT2D eigenvalue weighted by atomic mass is 16.6. The first kappa shape index (κ1) is 19.9. The van der Waals surface area contributed by atoms with Crippen LogP contribution in [0.3, 0.4) is 0 Å². The molecule has 8 heteroatoms. The Labute approximate surface area is 156 Å². The molecule has 0 aliphatic heterocycles. The van der Waals surface area contributed by atoms with E-state index in [0.717, 1.165) is 12.0 Å². The van der Waals surface area contributed by atoms with E-state index in [1.807, 2.05) is 6.92 Å². The van der Waals surface area contributed by atoms with Crippen molar-refractivity contribution in [3.8, 4) is 5.75 Å². The number of ether oxygens (including phenoxy) is 2. The van der Waals surface area contributed by atoms with Crippen LogP contribution >= 0.6 is 0 Å². The molecule has 1 N–H and O–H groups in total. The van der Waals surface area contributed by atoms with Gasteiger partial charge in [-0.2, -0.15) is 0 Å². The van der Waals surface area contributed by atoms with Crippen LogP contribution in [-0.4, -0.2) is 30.0 Å². The average molecular weight is 372 g/mol. The van der Waals surface area contributed by atoms with Crippen LogP contribution in [0, 0.1) is 17.0 Å². The molecule has 0 heterocycles. The van der Waals surface area contributed by atoms with Crippen molar-refractivity contribution in [1.82, 2.24) is 0 Å². The number of esters is 1. The zero-order valence-electron chi connectivity index (χ0n) is 15.1. The number of nitrogens with zero attached hydrogens (tertiary/aromatic N) is 1. The van der Waals surface area contributed by atoms with Gasteiger partial charge in [-0.3, -0.25) is 14.9 Å². The number of nitro benzene ring substituents is 1. The van der Waals surface area contributed by atoms with Crippen LogP contribution in [0.5, 0.6) is 5.75 Å². The highest BCUT2D eigenvalue weighted by Gasteiger charge is 2.16. The molecular weight excluding hydrogens is 352 g/mol.